The molecule has 26 heavy (non-hydrogen) atoms. The number of aromatic nitrogens is 1. The Bertz CT molecular complexity index is 977. The molecule has 0 spiro atoms. The molecular formula is C19H17FN2O4. The van der Waals surface area contributed by atoms with Crippen molar-refractivity contribution in [2.24, 2.45) is 0 Å². The van der Waals surface area contributed by atoms with Crippen LogP contribution < -0.4 is 24.3 Å². The maximum atomic E-state index is 14.3. The Morgan fingerprint density at radius 1 is 1.04 bits per heavy atom. The van der Waals surface area contributed by atoms with Gasteiger partial charge >= 0.3 is 0 Å². The first-order chi connectivity index (χ1) is 12.7. The van der Waals surface area contributed by atoms with Crippen molar-refractivity contribution in [1.29, 1.82) is 0 Å². The van der Waals surface area contributed by atoms with E-state index in [4.69, 9.17) is 18.9 Å². The third-order valence-electron chi connectivity index (χ3n) is 4.10. The monoisotopic (exact) mass is 356 g/mol. The maximum absolute atomic E-state index is 14.3. The van der Waals surface area contributed by atoms with Crippen LogP contribution in [0.5, 0.6) is 28.7 Å². The molecule has 0 radical (unpaired) electrons. The SMILES string of the molecule is CNc1ccc(Oc2ccnc3cc(OC)c4c(c23)OCCO4)c(F)c1. The molecule has 1 aromatic heterocycles. The molecule has 0 atom stereocenters. The van der Waals surface area contributed by atoms with E-state index in [-0.39, 0.29) is 5.75 Å². The molecule has 7 heteroatoms. The number of benzene rings is 2. The lowest BCUT2D eigenvalue weighted by molar-refractivity contribution is 0.167. The largest absolute Gasteiger partial charge is 0.493 e. The summed E-state index contributed by atoms with van der Waals surface area (Å²) < 4.78 is 37.0. The lowest BCUT2D eigenvalue weighted by Gasteiger charge is -2.23. The molecule has 0 unspecified atom stereocenters. The number of nitrogens with zero attached hydrogens (tertiary/aromatic N) is 1. The van der Waals surface area contributed by atoms with Crippen molar-refractivity contribution >= 4 is 16.6 Å². The highest BCUT2D eigenvalue weighted by Gasteiger charge is 2.24. The average molecular weight is 356 g/mol. The highest BCUT2D eigenvalue weighted by molar-refractivity contribution is 5.95. The number of hydrogen-bond acceptors (Lipinski definition) is 6. The van der Waals surface area contributed by atoms with Gasteiger partial charge in [-0.3, -0.25) is 4.98 Å². The number of methoxy groups -OCH3 is 1. The van der Waals surface area contributed by atoms with Gasteiger partial charge in [0, 0.05) is 31.1 Å². The minimum atomic E-state index is -0.471. The molecular weight excluding hydrogens is 339 g/mol. The van der Waals surface area contributed by atoms with Crippen molar-refractivity contribution in [3.63, 3.8) is 0 Å². The van der Waals surface area contributed by atoms with Crippen LogP contribution in [0.3, 0.4) is 0 Å². The van der Waals surface area contributed by atoms with Gasteiger partial charge in [-0.25, -0.2) is 4.39 Å². The smallest absolute Gasteiger partial charge is 0.204 e. The maximum Gasteiger partial charge on any atom is 0.204 e. The van der Waals surface area contributed by atoms with Gasteiger partial charge in [-0.05, 0) is 18.2 Å². The van der Waals surface area contributed by atoms with E-state index in [1.807, 2.05) is 0 Å². The molecule has 0 bridgehead atoms. The van der Waals surface area contributed by atoms with Crippen LogP contribution >= 0.6 is 0 Å². The fourth-order valence-electron chi connectivity index (χ4n) is 2.87. The molecule has 1 N–H and O–H groups in total. The predicted octanol–water partition coefficient (Wildman–Crippen LogP) is 3.99. The summed E-state index contributed by atoms with van der Waals surface area (Å²) in [6.45, 7) is 0.820. The van der Waals surface area contributed by atoms with Gasteiger partial charge in [0.15, 0.2) is 23.1 Å². The molecule has 3 aromatic rings. The second-order valence-corrected chi connectivity index (χ2v) is 5.63. The topological polar surface area (TPSA) is 61.8 Å². The Hall–Kier alpha value is -3.22. The second kappa shape index (κ2) is 6.59. The number of anilines is 1. The molecule has 6 nitrogen and oxygen atoms in total. The van der Waals surface area contributed by atoms with E-state index >= 15 is 0 Å². The van der Waals surface area contributed by atoms with Crippen LogP contribution in [-0.2, 0) is 0 Å². The molecule has 0 aliphatic carbocycles. The van der Waals surface area contributed by atoms with Gasteiger partial charge in [0.1, 0.15) is 19.0 Å². The zero-order chi connectivity index (χ0) is 18.1. The quantitative estimate of drug-likeness (QED) is 0.763. The second-order valence-electron chi connectivity index (χ2n) is 5.63. The van der Waals surface area contributed by atoms with Crippen LogP contribution in [0.25, 0.3) is 10.9 Å². The standard InChI is InChI=1S/C19H17FN2O4/c1-21-11-3-4-14(12(20)9-11)26-15-5-6-22-13-10-16(23-2)18-19(17(13)15)25-8-7-24-18/h3-6,9-10,21H,7-8H2,1-2H3. The van der Waals surface area contributed by atoms with Crippen molar-refractivity contribution < 1.29 is 23.3 Å². The minimum Gasteiger partial charge on any atom is -0.493 e. The normalized spacial score (nSPS) is 12.7. The van der Waals surface area contributed by atoms with Crippen molar-refractivity contribution in [1.82, 2.24) is 4.98 Å². The molecule has 2 aromatic carbocycles. The summed E-state index contributed by atoms with van der Waals surface area (Å²) in [6, 6.07) is 8.09. The van der Waals surface area contributed by atoms with Gasteiger partial charge in [-0.2, -0.15) is 0 Å². The Morgan fingerprint density at radius 3 is 2.58 bits per heavy atom. The fraction of sp³-hybridized carbons (Fsp3) is 0.211. The average Bonchev–Trinajstić information content (AvgIpc) is 2.68. The van der Waals surface area contributed by atoms with Crippen molar-refractivity contribution in [2.45, 2.75) is 0 Å². The van der Waals surface area contributed by atoms with Crippen LogP contribution in [0.4, 0.5) is 10.1 Å². The molecule has 0 amide bonds. The van der Waals surface area contributed by atoms with E-state index in [2.05, 4.69) is 10.3 Å². The molecule has 0 saturated carbocycles. The fourth-order valence-corrected chi connectivity index (χ4v) is 2.87. The summed E-state index contributed by atoms with van der Waals surface area (Å²) in [6.07, 6.45) is 1.59. The van der Waals surface area contributed by atoms with E-state index in [1.165, 1.54) is 6.07 Å². The van der Waals surface area contributed by atoms with Gasteiger partial charge < -0.3 is 24.3 Å². The first-order valence-corrected chi connectivity index (χ1v) is 8.11. The molecule has 1 aliphatic heterocycles. The third kappa shape index (κ3) is 2.71. The van der Waals surface area contributed by atoms with E-state index in [0.717, 1.165) is 0 Å². The third-order valence-corrected chi connectivity index (χ3v) is 4.10. The number of pyridine rings is 1. The van der Waals surface area contributed by atoms with Crippen LogP contribution in [0.1, 0.15) is 0 Å². The number of halogens is 1. The molecule has 2 heterocycles. The Labute approximate surface area is 149 Å². The lowest BCUT2D eigenvalue weighted by Crippen LogP contribution is -2.16. The van der Waals surface area contributed by atoms with E-state index in [9.17, 15) is 4.39 Å². The van der Waals surface area contributed by atoms with E-state index < -0.39 is 5.82 Å². The van der Waals surface area contributed by atoms with Crippen molar-refractivity contribution in [3.8, 4) is 28.7 Å². The molecule has 4 rings (SSSR count). The number of ether oxygens (including phenoxy) is 4. The molecule has 1 aliphatic rings. The van der Waals surface area contributed by atoms with Crippen LogP contribution in [0.2, 0.25) is 0 Å². The zero-order valence-corrected chi connectivity index (χ0v) is 14.3. The van der Waals surface area contributed by atoms with Crippen LogP contribution in [-0.4, -0.2) is 32.4 Å². The number of nitrogens with one attached hydrogen (secondary N) is 1. The van der Waals surface area contributed by atoms with Gasteiger partial charge in [0.05, 0.1) is 18.0 Å². The summed E-state index contributed by atoms with van der Waals surface area (Å²) in [5, 5.41) is 3.50. The Kier molecular flexibility index (Phi) is 4.12. The van der Waals surface area contributed by atoms with Gasteiger partial charge in [0.25, 0.3) is 0 Å². The van der Waals surface area contributed by atoms with Crippen molar-refractivity contribution in [3.05, 3.63) is 42.3 Å². The number of hydrogen-bond donors (Lipinski definition) is 1. The number of rotatable bonds is 4. The zero-order valence-electron chi connectivity index (χ0n) is 14.3. The number of fused-ring (bicyclic) bond motifs is 3. The van der Waals surface area contributed by atoms with E-state index in [1.54, 1.807) is 44.6 Å². The summed E-state index contributed by atoms with van der Waals surface area (Å²) in [4.78, 5) is 4.35. The predicted molar refractivity (Wildman–Crippen MR) is 95.3 cm³/mol. The lowest BCUT2D eigenvalue weighted by atomic mass is 10.1. The summed E-state index contributed by atoms with van der Waals surface area (Å²) in [5.74, 6) is 1.58. The van der Waals surface area contributed by atoms with E-state index in [0.29, 0.717) is 52.8 Å². The molecule has 0 fully saturated rings. The Balaban J connectivity index is 1.85. The van der Waals surface area contributed by atoms with Gasteiger partial charge in [0.2, 0.25) is 5.75 Å². The first kappa shape index (κ1) is 16.3. The van der Waals surface area contributed by atoms with Crippen LogP contribution in [0, 0.1) is 5.82 Å². The Morgan fingerprint density at radius 2 is 1.85 bits per heavy atom. The molecule has 134 valence electrons. The van der Waals surface area contributed by atoms with Crippen molar-refractivity contribution in [2.75, 3.05) is 32.7 Å². The van der Waals surface area contributed by atoms with Gasteiger partial charge in [-0.15, -0.1) is 0 Å². The first-order valence-electron chi connectivity index (χ1n) is 8.11. The highest BCUT2D eigenvalue weighted by atomic mass is 19.1. The van der Waals surface area contributed by atoms with Crippen LogP contribution in [0.15, 0.2) is 36.5 Å². The van der Waals surface area contributed by atoms with Gasteiger partial charge in [-0.1, -0.05) is 0 Å². The molecule has 0 saturated heterocycles. The minimum absolute atomic E-state index is 0.109. The summed E-state index contributed by atoms with van der Waals surface area (Å²) in [7, 11) is 3.28. The summed E-state index contributed by atoms with van der Waals surface area (Å²) >= 11 is 0. The summed E-state index contributed by atoms with van der Waals surface area (Å²) in [5.41, 5.74) is 1.27. The highest BCUT2D eigenvalue weighted by Crippen LogP contribution is 2.48.